The van der Waals surface area contributed by atoms with Crippen LogP contribution >= 0.6 is 11.8 Å². The highest BCUT2D eigenvalue weighted by atomic mass is 32.2. The SMILES string of the molecule is CSc1ccccc1OCc1cc(C(=O)N(C)Cc2ccno2)no1. The minimum absolute atomic E-state index is 0.198. The Bertz CT molecular complexity index is 832. The van der Waals surface area contributed by atoms with E-state index >= 15 is 0 Å². The second-order valence-electron chi connectivity index (χ2n) is 5.26. The first-order chi connectivity index (χ1) is 12.2. The third kappa shape index (κ3) is 4.21. The Morgan fingerprint density at radius 2 is 2.08 bits per heavy atom. The van der Waals surface area contributed by atoms with Crippen molar-refractivity contribution in [1.82, 2.24) is 15.2 Å². The number of rotatable bonds is 7. The maximum absolute atomic E-state index is 12.4. The Hall–Kier alpha value is -2.74. The van der Waals surface area contributed by atoms with Crippen LogP contribution in [0.3, 0.4) is 0 Å². The first kappa shape index (κ1) is 17.1. The summed E-state index contributed by atoms with van der Waals surface area (Å²) in [6.07, 6.45) is 3.52. The number of hydrogen-bond acceptors (Lipinski definition) is 7. The number of carbonyl (C=O) groups is 1. The van der Waals surface area contributed by atoms with E-state index in [1.165, 1.54) is 11.1 Å². The van der Waals surface area contributed by atoms with Crippen LogP contribution in [-0.4, -0.2) is 34.4 Å². The Morgan fingerprint density at radius 1 is 1.24 bits per heavy atom. The average molecular weight is 359 g/mol. The molecular formula is C17H17N3O4S. The molecule has 1 aromatic carbocycles. The summed E-state index contributed by atoms with van der Waals surface area (Å²) in [5.74, 6) is 1.57. The highest BCUT2D eigenvalue weighted by Gasteiger charge is 2.18. The van der Waals surface area contributed by atoms with E-state index in [1.54, 1.807) is 30.9 Å². The van der Waals surface area contributed by atoms with Crippen LogP contribution in [0, 0.1) is 0 Å². The van der Waals surface area contributed by atoms with Crippen LogP contribution in [0.5, 0.6) is 5.75 Å². The van der Waals surface area contributed by atoms with E-state index in [0.29, 0.717) is 18.1 Å². The van der Waals surface area contributed by atoms with E-state index in [9.17, 15) is 4.79 Å². The standard InChI is InChI=1S/C17H17N3O4S/c1-20(10-12-7-8-18-23-12)17(21)14-9-13(24-19-14)11-22-15-5-3-4-6-16(15)25-2/h3-9H,10-11H2,1-2H3. The zero-order chi connectivity index (χ0) is 17.6. The summed E-state index contributed by atoms with van der Waals surface area (Å²) in [7, 11) is 1.66. The molecule has 0 saturated carbocycles. The van der Waals surface area contributed by atoms with E-state index in [4.69, 9.17) is 13.8 Å². The molecule has 7 nitrogen and oxygen atoms in total. The fourth-order valence-corrected chi connectivity index (χ4v) is 2.74. The molecule has 0 aliphatic rings. The van der Waals surface area contributed by atoms with Gasteiger partial charge in [0.25, 0.3) is 5.91 Å². The average Bonchev–Trinajstić information content (AvgIpc) is 3.31. The van der Waals surface area contributed by atoms with Crippen LogP contribution in [0.4, 0.5) is 0 Å². The molecule has 0 unspecified atom stereocenters. The number of benzene rings is 1. The minimum Gasteiger partial charge on any atom is -0.484 e. The van der Waals surface area contributed by atoms with Gasteiger partial charge in [-0.05, 0) is 18.4 Å². The van der Waals surface area contributed by atoms with Crippen LogP contribution in [0.1, 0.15) is 22.0 Å². The van der Waals surface area contributed by atoms with Gasteiger partial charge in [-0.25, -0.2) is 0 Å². The first-order valence-electron chi connectivity index (χ1n) is 7.54. The molecule has 0 aliphatic carbocycles. The smallest absolute Gasteiger partial charge is 0.276 e. The van der Waals surface area contributed by atoms with E-state index in [2.05, 4.69) is 10.3 Å². The topological polar surface area (TPSA) is 81.6 Å². The molecule has 0 spiro atoms. The van der Waals surface area contributed by atoms with Crippen molar-refractivity contribution in [1.29, 1.82) is 0 Å². The molecule has 1 amide bonds. The minimum atomic E-state index is -0.268. The van der Waals surface area contributed by atoms with Crippen molar-refractivity contribution in [3.63, 3.8) is 0 Å². The number of ether oxygens (including phenoxy) is 1. The molecular weight excluding hydrogens is 342 g/mol. The number of para-hydroxylation sites is 1. The van der Waals surface area contributed by atoms with Crippen molar-refractivity contribution < 1.29 is 18.6 Å². The van der Waals surface area contributed by atoms with Gasteiger partial charge in [-0.2, -0.15) is 0 Å². The lowest BCUT2D eigenvalue weighted by atomic mass is 10.3. The number of carbonyl (C=O) groups excluding carboxylic acids is 1. The van der Waals surface area contributed by atoms with Gasteiger partial charge in [0, 0.05) is 24.1 Å². The lowest BCUT2D eigenvalue weighted by Crippen LogP contribution is -2.26. The number of nitrogens with zero attached hydrogens (tertiary/aromatic N) is 3. The molecule has 0 N–H and O–H groups in total. The van der Waals surface area contributed by atoms with E-state index in [0.717, 1.165) is 10.6 Å². The van der Waals surface area contributed by atoms with Gasteiger partial charge in [-0.3, -0.25) is 4.79 Å². The molecule has 3 aromatic rings. The first-order valence-corrected chi connectivity index (χ1v) is 8.76. The number of thioether (sulfide) groups is 1. The van der Waals surface area contributed by atoms with Crippen molar-refractivity contribution in [2.45, 2.75) is 18.0 Å². The van der Waals surface area contributed by atoms with Gasteiger partial charge in [0.1, 0.15) is 12.4 Å². The molecule has 2 aromatic heterocycles. The van der Waals surface area contributed by atoms with Crippen molar-refractivity contribution >= 4 is 17.7 Å². The molecule has 3 rings (SSSR count). The largest absolute Gasteiger partial charge is 0.484 e. The van der Waals surface area contributed by atoms with E-state index < -0.39 is 0 Å². The second kappa shape index (κ2) is 7.89. The maximum Gasteiger partial charge on any atom is 0.276 e. The monoisotopic (exact) mass is 359 g/mol. The summed E-state index contributed by atoms with van der Waals surface area (Å²) in [4.78, 5) is 14.9. The highest BCUT2D eigenvalue weighted by molar-refractivity contribution is 7.98. The van der Waals surface area contributed by atoms with Gasteiger partial charge >= 0.3 is 0 Å². The lowest BCUT2D eigenvalue weighted by Gasteiger charge is -2.12. The van der Waals surface area contributed by atoms with Crippen LogP contribution in [0.25, 0.3) is 0 Å². The van der Waals surface area contributed by atoms with Crippen LogP contribution < -0.4 is 4.74 Å². The van der Waals surface area contributed by atoms with Gasteiger partial charge in [-0.1, -0.05) is 22.4 Å². The second-order valence-corrected chi connectivity index (χ2v) is 6.11. The van der Waals surface area contributed by atoms with Crippen molar-refractivity contribution in [2.24, 2.45) is 0 Å². The molecule has 2 heterocycles. The number of hydrogen-bond donors (Lipinski definition) is 0. The van der Waals surface area contributed by atoms with Gasteiger partial charge in [-0.15, -0.1) is 11.8 Å². The van der Waals surface area contributed by atoms with Crippen LogP contribution in [0.2, 0.25) is 0 Å². The van der Waals surface area contributed by atoms with Gasteiger partial charge in [0.2, 0.25) is 0 Å². The van der Waals surface area contributed by atoms with Crippen LogP contribution in [-0.2, 0) is 13.2 Å². The summed E-state index contributed by atoms with van der Waals surface area (Å²) in [5.41, 5.74) is 0.221. The zero-order valence-electron chi connectivity index (χ0n) is 13.8. The predicted molar refractivity (Wildman–Crippen MR) is 91.4 cm³/mol. The van der Waals surface area contributed by atoms with Crippen molar-refractivity contribution in [2.75, 3.05) is 13.3 Å². The molecule has 0 saturated heterocycles. The van der Waals surface area contributed by atoms with E-state index in [-0.39, 0.29) is 18.2 Å². The van der Waals surface area contributed by atoms with Gasteiger partial charge in [0.05, 0.1) is 12.7 Å². The molecule has 25 heavy (non-hydrogen) atoms. The predicted octanol–water partition coefficient (Wildman–Crippen LogP) is 3.24. The number of amides is 1. The third-order valence-electron chi connectivity index (χ3n) is 3.45. The normalized spacial score (nSPS) is 10.6. The van der Waals surface area contributed by atoms with Crippen molar-refractivity contribution in [3.05, 3.63) is 59.8 Å². The fraction of sp³-hybridized carbons (Fsp3) is 0.235. The fourth-order valence-electron chi connectivity index (χ4n) is 2.19. The van der Waals surface area contributed by atoms with Gasteiger partial charge < -0.3 is 18.7 Å². The molecule has 0 atom stereocenters. The Kier molecular flexibility index (Phi) is 5.39. The lowest BCUT2D eigenvalue weighted by molar-refractivity contribution is 0.0761. The molecule has 8 heteroatoms. The highest BCUT2D eigenvalue weighted by Crippen LogP contribution is 2.27. The number of aromatic nitrogens is 2. The maximum atomic E-state index is 12.4. The summed E-state index contributed by atoms with van der Waals surface area (Å²) in [6.45, 7) is 0.502. The summed E-state index contributed by atoms with van der Waals surface area (Å²) >= 11 is 1.60. The molecule has 0 bridgehead atoms. The van der Waals surface area contributed by atoms with Crippen LogP contribution in [0.15, 0.2) is 56.5 Å². The quantitative estimate of drug-likeness (QED) is 0.599. The summed E-state index contributed by atoms with van der Waals surface area (Å²) in [6, 6.07) is 11.0. The zero-order valence-corrected chi connectivity index (χ0v) is 14.7. The van der Waals surface area contributed by atoms with E-state index in [1.807, 2.05) is 30.5 Å². The molecule has 0 aliphatic heterocycles. The third-order valence-corrected chi connectivity index (χ3v) is 4.23. The Labute approximate surface area is 148 Å². The van der Waals surface area contributed by atoms with Crippen molar-refractivity contribution in [3.8, 4) is 5.75 Å². The molecule has 0 radical (unpaired) electrons. The molecule has 0 fully saturated rings. The Morgan fingerprint density at radius 3 is 2.84 bits per heavy atom. The Balaban J connectivity index is 1.61. The molecule has 130 valence electrons. The summed E-state index contributed by atoms with van der Waals surface area (Å²) in [5, 5.41) is 7.44. The summed E-state index contributed by atoms with van der Waals surface area (Å²) < 4.78 is 15.9. The van der Waals surface area contributed by atoms with Gasteiger partial charge in [0.15, 0.2) is 17.2 Å².